The molecule has 3 rings (SSSR count). The van der Waals surface area contributed by atoms with Crippen LogP contribution in [-0.4, -0.2) is 55.5 Å². The highest BCUT2D eigenvalue weighted by Crippen LogP contribution is 2.25. The number of ketones is 1. The number of hydrogen-bond acceptors (Lipinski definition) is 4. The molecular formula is C21H23ClN2O4S. The third-order valence-electron chi connectivity index (χ3n) is 4.99. The average Bonchev–Trinajstić information content (AvgIpc) is 2.72. The summed E-state index contributed by atoms with van der Waals surface area (Å²) < 4.78 is 26.9. The van der Waals surface area contributed by atoms with Crippen LogP contribution in [0.4, 0.5) is 0 Å². The van der Waals surface area contributed by atoms with E-state index in [0.29, 0.717) is 18.7 Å². The van der Waals surface area contributed by atoms with Gasteiger partial charge in [-0.25, -0.2) is 8.42 Å². The maximum absolute atomic E-state index is 12.8. The van der Waals surface area contributed by atoms with Crippen LogP contribution >= 0.6 is 11.6 Å². The van der Waals surface area contributed by atoms with Crippen molar-refractivity contribution < 1.29 is 18.0 Å². The van der Waals surface area contributed by atoms with E-state index in [0.717, 1.165) is 5.56 Å². The molecule has 154 valence electrons. The molecule has 0 aromatic heterocycles. The topological polar surface area (TPSA) is 74.8 Å². The second-order valence-corrected chi connectivity index (χ2v) is 9.32. The lowest BCUT2D eigenvalue weighted by molar-refractivity contribution is -0.132. The van der Waals surface area contributed by atoms with Crippen LogP contribution in [0.5, 0.6) is 0 Å². The number of halogens is 1. The highest BCUT2D eigenvalue weighted by Gasteiger charge is 2.31. The standard InChI is InChI=1S/C21H23ClN2O4S/c1-16-6-8-17(9-7-16)19(25)10-11-21(26)23-12-14-24(15-13-23)29(27,28)20-5-3-2-4-18(20)22/h2-9H,10-15H2,1H3. The summed E-state index contributed by atoms with van der Waals surface area (Å²) in [6.45, 7) is 2.93. The first-order valence-electron chi connectivity index (χ1n) is 9.41. The number of rotatable bonds is 6. The smallest absolute Gasteiger partial charge is 0.244 e. The molecule has 0 spiro atoms. The normalized spacial score (nSPS) is 15.3. The zero-order valence-corrected chi connectivity index (χ0v) is 17.7. The van der Waals surface area contributed by atoms with Gasteiger partial charge in [-0.3, -0.25) is 9.59 Å². The van der Waals surface area contributed by atoms with E-state index in [4.69, 9.17) is 11.6 Å². The van der Waals surface area contributed by atoms with Crippen molar-refractivity contribution in [1.29, 1.82) is 0 Å². The number of carbonyl (C=O) groups excluding carboxylic acids is 2. The van der Waals surface area contributed by atoms with Crippen molar-refractivity contribution in [2.75, 3.05) is 26.2 Å². The van der Waals surface area contributed by atoms with E-state index in [1.54, 1.807) is 35.2 Å². The number of sulfonamides is 1. The van der Waals surface area contributed by atoms with Crippen LogP contribution < -0.4 is 0 Å². The third-order valence-corrected chi connectivity index (χ3v) is 7.38. The fourth-order valence-electron chi connectivity index (χ4n) is 3.23. The molecule has 8 heteroatoms. The van der Waals surface area contributed by atoms with Crippen molar-refractivity contribution >= 4 is 33.3 Å². The molecule has 29 heavy (non-hydrogen) atoms. The Morgan fingerprint density at radius 3 is 2.17 bits per heavy atom. The molecule has 6 nitrogen and oxygen atoms in total. The van der Waals surface area contributed by atoms with Crippen LogP contribution in [-0.2, 0) is 14.8 Å². The van der Waals surface area contributed by atoms with Gasteiger partial charge in [0, 0.05) is 44.6 Å². The van der Waals surface area contributed by atoms with E-state index in [1.807, 2.05) is 19.1 Å². The summed E-state index contributed by atoms with van der Waals surface area (Å²) in [5.41, 5.74) is 1.67. The van der Waals surface area contributed by atoms with Crippen molar-refractivity contribution in [2.45, 2.75) is 24.7 Å². The molecule has 0 atom stereocenters. The molecule has 0 radical (unpaired) electrons. The van der Waals surface area contributed by atoms with E-state index >= 15 is 0 Å². The summed E-state index contributed by atoms with van der Waals surface area (Å²) in [7, 11) is -3.70. The van der Waals surface area contributed by atoms with E-state index in [2.05, 4.69) is 0 Å². The number of Topliss-reactive ketones (excluding diaryl/α,β-unsaturated/α-hetero) is 1. The van der Waals surface area contributed by atoms with Gasteiger partial charge in [-0.15, -0.1) is 0 Å². The minimum atomic E-state index is -3.70. The van der Waals surface area contributed by atoms with Crippen LogP contribution in [0.2, 0.25) is 5.02 Å². The molecule has 0 saturated carbocycles. The monoisotopic (exact) mass is 434 g/mol. The Morgan fingerprint density at radius 1 is 0.931 bits per heavy atom. The predicted octanol–water partition coefficient (Wildman–Crippen LogP) is 3.14. The molecule has 1 aliphatic heterocycles. The zero-order chi connectivity index (χ0) is 21.0. The van der Waals surface area contributed by atoms with Crippen molar-refractivity contribution in [3.8, 4) is 0 Å². The number of hydrogen-bond donors (Lipinski definition) is 0. The van der Waals surface area contributed by atoms with E-state index in [1.165, 1.54) is 10.4 Å². The molecule has 2 aromatic rings. The van der Waals surface area contributed by atoms with E-state index in [9.17, 15) is 18.0 Å². The number of amides is 1. The zero-order valence-electron chi connectivity index (χ0n) is 16.2. The van der Waals surface area contributed by atoms with Gasteiger partial charge in [0.1, 0.15) is 4.90 Å². The molecule has 0 aliphatic carbocycles. The summed E-state index contributed by atoms with van der Waals surface area (Å²) in [5.74, 6) is -0.210. The molecule has 1 amide bonds. The van der Waals surface area contributed by atoms with Gasteiger partial charge in [-0.1, -0.05) is 53.6 Å². The Kier molecular flexibility index (Phi) is 6.72. The summed E-state index contributed by atoms with van der Waals surface area (Å²) >= 11 is 6.03. The van der Waals surface area contributed by atoms with E-state index < -0.39 is 10.0 Å². The second kappa shape index (κ2) is 9.07. The Hall–Kier alpha value is -2.22. The molecule has 0 unspecified atom stereocenters. The van der Waals surface area contributed by atoms with Crippen LogP contribution in [0, 0.1) is 6.92 Å². The highest BCUT2D eigenvalue weighted by molar-refractivity contribution is 7.89. The van der Waals surface area contributed by atoms with Crippen molar-refractivity contribution in [1.82, 2.24) is 9.21 Å². The van der Waals surface area contributed by atoms with Gasteiger partial charge in [0.05, 0.1) is 5.02 Å². The number of benzene rings is 2. The van der Waals surface area contributed by atoms with Gasteiger partial charge in [0.15, 0.2) is 5.78 Å². The van der Waals surface area contributed by atoms with Crippen molar-refractivity contribution in [2.24, 2.45) is 0 Å². The lowest BCUT2D eigenvalue weighted by Gasteiger charge is -2.34. The van der Waals surface area contributed by atoms with Crippen LogP contribution in [0.25, 0.3) is 0 Å². The predicted molar refractivity (Wildman–Crippen MR) is 112 cm³/mol. The quantitative estimate of drug-likeness (QED) is 0.654. The minimum absolute atomic E-state index is 0.0710. The average molecular weight is 435 g/mol. The first-order valence-corrected chi connectivity index (χ1v) is 11.2. The molecule has 1 fully saturated rings. The number of nitrogens with zero attached hydrogens (tertiary/aromatic N) is 2. The SMILES string of the molecule is Cc1ccc(C(=O)CCC(=O)N2CCN(S(=O)(=O)c3ccccc3Cl)CC2)cc1. The third kappa shape index (κ3) is 5.04. The van der Waals surface area contributed by atoms with E-state index in [-0.39, 0.29) is 47.5 Å². The molecule has 1 heterocycles. The lowest BCUT2D eigenvalue weighted by atomic mass is 10.0. The highest BCUT2D eigenvalue weighted by atomic mass is 35.5. The van der Waals surface area contributed by atoms with Gasteiger partial charge < -0.3 is 4.90 Å². The summed E-state index contributed by atoms with van der Waals surface area (Å²) in [6.07, 6.45) is 0.254. The van der Waals surface area contributed by atoms with Crippen molar-refractivity contribution in [3.63, 3.8) is 0 Å². The molecular weight excluding hydrogens is 412 g/mol. The largest absolute Gasteiger partial charge is 0.340 e. The number of carbonyl (C=O) groups is 2. The van der Waals surface area contributed by atoms with Gasteiger partial charge in [-0.2, -0.15) is 4.31 Å². The molecule has 2 aromatic carbocycles. The first-order chi connectivity index (χ1) is 13.8. The van der Waals surface area contributed by atoms with Crippen LogP contribution in [0.1, 0.15) is 28.8 Å². The molecule has 0 N–H and O–H groups in total. The molecule has 1 saturated heterocycles. The Balaban J connectivity index is 1.53. The van der Waals surface area contributed by atoms with Gasteiger partial charge in [-0.05, 0) is 19.1 Å². The maximum Gasteiger partial charge on any atom is 0.244 e. The number of aryl methyl sites for hydroxylation is 1. The maximum atomic E-state index is 12.8. The summed E-state index contributed by atoms with van der Waals surface area (Å²) in [6, 6.07) is 13.6. The molecule has 1 aliphatic rings. The van der Waals surface area contributed by atoms with Crippen LogP contribution in [0.15, 0.2) is 53.4 Å². The fraction of sp³-hybridized carbons (Fsp3) is 0.333. The molecule has 0 bridgehead atoms. The Bertz CT molecular complexity index is 998. The van der Waals surface area contributed by atoms with Gasteiger partial charge >= 0.3 is 0 Å². The first kappa shape index (κ1) is 21.5. The minimum Gasteiger partial charge on any atom is -0.340 e. The Labute approximate surface area is 176 Å². The Morgan fingerprint density at radius 2 is 1.55 bits per heavy atom. The van der Waals surface area contributed by atoms with Crippen LogP contribution in [0.3, 0.4) is 0 Å². The lowest BCUT2D eigenvalue weighted by Crippen LogP contribution is -2.50. The van der Waals surface area contributed by atoms with Gasteiger partial charge in [0.25, 0.3) is 0 Å². The fourth-order valence-corrected chi connectivity index (χ4v) is 5.15. The van der Waals surface area contributed by atoms with Gasteiger partial charge in [0.2, 0.25) is 15.9 Å². The summed E-state index contributed by atoms with van der Waals surface area (Å²) in [5, 5.41) is 0.181. The number of piperazine rings is 1. The second-order valence-electron chi connectivity index (χ2n) is 7.00. The summed E-state index contributed by atoms with van der Waals surface area (Å²) in [4.78, 5) is 26.4. The van der Waals surface area contributed by atoms with Crippen molar-refractivity contribution in [3.05, 3.63) is 64.7 Å².